The zero-order chi connectivity index (χ0) is 20.6. The lowest BCUT2D eigenvalue weighted by Crippen LogP contribution is -2.48. The molecule has 29 heavy (non-hydrogen) atoms. The number of aryl methyl sites for hydroxylation is 1. The molecule has 0 unspecified atom stereocenters. The molecule has 0 bridgehead atoms. The van der Waals surface area contributed by atoms with Gasteiger partial charge in [-0.2, -0.15) is 0 Å². The molecule has 2 aromatic rings. The van der Waals surface area contributed by atoms with Gasteiger partial charge in [0.05, 0.1) is 17.0 Å². The SMILES string of the molecule is Cc1cccc(S(=O)(=O)NCC(=O)N2CCC3(CC2)OC(=O)c2ccccc23)c1. The van der Waals surface area contributed by atoms with E-state index in [0.29, 0.717) is 31.5 Å². The minimum absolute atomic E-state index is 0.136. The molecule has 0 atom stereocenters. The Kier molecular flexibility index (Phi) is 4.92. The van der Waals surface area contributed by atoms with Crippen LogP contribution in [0.4, 0.5) is 0 Å². The lowest BCUT2D eigenvalue weighted by atomic mass is 9.84. The summed E-state index contributed by atoms with van der Waals surface area (Å²) in [6.07, 6.45) is 0.984. The van der Waals surface area contributed by atoms with Gasteiger partial charge in [0, 0.05) is 31.5 Å². The third-order valence-corrected chi connectivity index (χ3v) is 6.96. The Labute approximate surface area is 169 Å². The number of sulfonamides is 1. The Morgan fingerprint density at radius 3 is 2.59 bits per heavy atom. The van der Waals surface area contributed by atoms with Crippen molar-refractivity contribution in [1.29, 1.82) is 0 Å². The fourth-order valence-corrected chi connectivity index (χ4v) is 5.05. The van der Waals surface area contributed by atoms with Crippen LogP contribution in [-0.2, 0) is 25.2 Å². The van der Waals surface area contributed by atoms with Gasteiger partial charge >= 0.3 is 5.97 Å². The van der Waals surface area contributed by atoms with Crippen LogP contribution < -0.4 is 4.72 Å². The molecule has 7 nitrogen and oxygen atoms in total. The molecular formula is C21H22N2O5S. The van der Waals surface area contributed by atoms with Crippen LogP contribution in [0.5, 0.6) is 0 Å². The van der Waals surface area contributed by atoms with Gasteiger partial charge in [-0.3, -0.25) is 4.79 Å². The van der Waals surface area contributed by atoms with Crippen molar-refractivity contribution in [3.63, 3.8) is 0 Å². The van der Waals surface area contributed by atoms with E-state index in [2.05, 4.69) is 4.72 Å². The van der Waals surface area contributed by atoms with Gasteiger partial charge in [0.15, 0.2) is 0 Å². The highest BCUT2D eigenvalue weighted by Crippen LogP contribution is 2.43. The van der Waals surface area contributed by atoms with Gasteiger partial charge in [-0.1, -0.05) is 30.3 Å². The van der Waals surface area contributed by atoms with E-state index in [4.69, 9.17) is 4.74 Å². The minimum Gasteiger partial charge on any atom is -0.450 e. The van der Waals surface area contributed by atoms with E-state index in [9.17, 15) is 18.0 Å². The summed E-state index contributed by atoms with van der Waals surface area (Å²) in [5.41, 5.74) is 1.59. The molecule has 0 aliphatic carbocycles. The van der Waals surface area contributed by atoms with E-state index in [1.165, 1.54) is 6.07 Å². The van der Waals surface area contributed by atoms with E-state index in [1.807, 2.05) is 25.1 Å². The molecular weight excluding hydrogens is 392 g/mol. The summed E-state index contributed by atoms with van der Waals surface area (Å²) < 4.78 is 32.9. The number of likely N-dealkylation sites (tertiary alicyclic amines) is 1. The first-order chi connectivity index (χ1) is 13.8. The number of ether oxygens (including phenoxy) is 1. The van der Waals surface area contributed by atoms with Gasteiger partial charge in [0.1, 0.15) is 5.60 Å². The lowest BCUT2D eigenvalue weighted by Gasteiger charge is -2.38. The second-order valence-electron chi connectivity index (χ2n) is 7.45. The monoisotopic (exact) mass is 414 g/mol. The zero-order valence-corrected chi connectivity index (χ0v) is 16.9. The van der Waals surface area contributed by atoms with Crippen molar-refractivity contribution in [1.82, 2.24) is 9.62 Å². The molecule has 152 valence electrons. The highest BCUT2D eigenvalue weighted by Gasteiger charge is 2.47. The largest absolute Gasteiger partial charge is 0.450 e. The highest BCUT2D eigenvalue weighted by atomic mass is 32.2. The number of carbonyl (C=O) groups excluding carboxylic acids is 2. The summed E-state index contributed by atoms with van der Waals surface area (Å²) >= 11 is 0. The molecule has 2 heterocycles. The molecule has 1 saturated heterocycles. The number of piperidine rings is 1. The smallest absolute Gasteiger partial charge is 0.339 e. The van der Waals surface area contributed by atoms with Crippen molar-refractivity contribution in [2.75, 3.05) is 19.6 Å². The van der Waals surface area contributed by atoms with Crippen LogP contribution in [0.25, 0.3) is 0 Å². The van der Waals surface area contributed by atoms with Crippen molar-refractivity contribution in [2.24, 2.45) is 0 Å². The first-order valence-corrected chi connectivity index (χ1v) is 11.0. The van der Waals surface area contributed by atoms with E-state index >= 15 is 0 Å². The highest BCUT2D eigenvalue weighted by molar-refractivity contribution is 7.89. The number of benzene rings is 2. The van der Waals surface area contributed by atoms with Gasteiger partial charge in [-0.25, -0.2) is 17.9 Å². The summed E-state index contributed by atoms with van der Waals surface area (Å²) in [5, 5.41) is 0. The number of nitrogens with one attached hydrogen (secondary N) is 1. The summed E-state index contributed by atoms with van der Waals surface area (Å²) in [4.78, 5) is 26.4. The van der Waals surface area contributed by atoms with Crippen LogP contribution in [-0.4, -0.2) is 44.8 Å². The third kappa shape index (κ3) is 3.65. The summed E-state index contributed by atoms with van der Waals surface area (Å²) in [5.74, 6) is -0.625. The number of nitrogens with zero attached hydrogens (tertiary/aromatic N) is 1. The topological polar surface area (TPSA) is 92.8 Å². The second-order valence-corrected chi connectivity index (χ2v) is 9.22. The summed E-state index contributed by atoms with van der Waals surface area (Å²) in [7, 11) is -3.75. The number of rotatable bonds is 4. The van der Waals surface area contributed by atoms with Crippen LogP contribution >= 0.6 is 0 Å². The Hall–Kier alpha value is -2.71. The van der Waals surface area contributed by atoms with Crippen molar-refractivity contribution < 1.29 is 22.7 Å². The molecule has 0 saturated carbocycles. The molecule has 2 aromatic carbocycles. The van der Waals surface area contributed by atoms with Crippen molar-refractivity contribution in [3.05, 3.63) is 65.2 Å². The molecule has 4 rings (SSSR count). The molecule has 8 heteroatoms. The van der Waals surface area contributed by atoms with Crippen LogP contribution in [0.3, 0.4) is 0 Å². The molecule has 1 spiro atoms. The average Bonchev–Trinajstić information content (AvgIpc) is 2.99. The Bertz CT molecular complexity index is 1070. The molecule has 1 amide bonds. The Morgan fingerprint density at radius 1 is 1.14 bits per heavy atom. The van der Waals surface area contributed by atoms with Crippen molar-refractivity contribution in [2.45, 2.75) is 30.3 Å². The van der Waals surface area contributed by atoms with Crippen LogP contribution in [0, 0.1) is 6.92 Å². The predicted octanol–water partition coefficient (Wildman–Crippen LogP) is 1.96. The number of carbonyl (C=O) groups is 2. The summed E-state index contributed by atoms with van der Waals surface area (Å²) in [6.45, 7) is 2.29. The Morgan fingerprint density at radius 2 is 1.86 bits per heavy atom. The minimum atomic E-state index is -3.75. The van der Waals surface area contributed by atoms with Gasteiger partial charge in [-0.15, -0.1) is 0 Å². The van der Waals surface area contributed by atoms with Gasteiger partial charge in [0.25, 0.3) is 0 Å². The first-order valence-electron chi connectivity index (χ1n) is 9.48. The number of hydrogen-bond acceptors (Lipinski definition) is 5. The Balaban J connectivity index is 1.38. The van der Waals surface area contributed by atoms with E-state index in [-0.39, 0.29) is 23.3 Å². The molecule has 0 radical (unpaired) electrons. The molecule has 0 aromatic heterocycles. The van der Waals surface area contributed by atoms with Crippen molar-refractivity contribution in [3.8, 4) is 0 Å². The van der Waals surface area contributed by atoms with Gasteiger partial charge in [0.2, 0.25) is 15.9 Å². The number of esters is 1. The second kappa shape index (κ2) is 7.27. The maximum absolute atomic E-state index is 12.5. The zero-order valence-electron chi connectivity index (χ0n) is 16.1. The molecule has 2 aliphatic rings. The normalized spacial score (nSPS) is 17.8. The van der Waals surface area contributed by atoms with E-state index < -0.39 is 15.6 Å². The summed E-state index contributed by atoms with van der Waals surface area (Å²) in [6, 6.07) is 13.9. The quantitative estimate of drug-likeness (QED) is 0.772. The van der Waals surface area contributed by atoms with E-state index in [1.54, 1.807) is 29.2 Å². The van der Waals surface area contributed by atoms with Crippen LogP contribution in [0.2, 0.25) is 0 Å². The number of fused-ring (bicyclic) bond motifs is 2. The van der Waals surface area contributed by atoms with Crippen molar-refractivity contribution >= 4 is 21.9 Å². The van der Waals surface area contributed by atoms with Crippen LogP contribution in [0.1, 0.15) is 34.3 Å². The molecule has 2 aliphatic heterocycles. The maximum atomic E-state index is 12.5. The van der Waals surface area contributed by atoms with Crippen LogP contribution in [0.15, 0.2) is 53.4 Å². The van der Waals surface area contributed by atoms with E-state index in [0.717, 1.165) is 11.1 Å². The number of hydrogen-bond donors (Lipinski definition) is 1. The fourth-order valence-electron chi connectivity index (χ4n) is 3.97. The molecule has 1 fully saturated rings. The number of amides is 1. The fraction of sp³-hybridized carbons (Fsp3) is 0.333. The average molecular weight is 414 g/mol. The molecule has 1 N–H and O–H groups in total. The van der Waals surface area contributed by atoms with Gasteiger partial charge in [-0.05, 0) is 30.7 Å². The lowest BCUT2D eigenvalue weighted by molar-refractivity contribution is -0.134. The maximum Gasteiger partial charge on any atom is 0.339 e. The standard InChI is InChI=1S/C21H22N2O5S/c1-15-5-4-6-16(13-15)29(26,27)22-14-19(24)23-11-9-21(10-12-23)18-8-3-2-7-17(18)20(25)28-21/h2-8,13,22H,9-12,14H2,1H3. The van der Waals surface area contributed by atoms with Gasteiger partial charge < -0.3 is 9.64 Å². The first kappa shape index (κ1) is 19.6. The third-order valence-electron chi connectivity index (χ3n) is 5.56. The predicted molar refractivity (Wildman–Crippen MR) is 106 cm³/mol.